The maximum atomic E-state index is 13.2. The fraction of sp³-hybridized carbons (Fsp3) is 0.0909. The number of rotatable bonds is 3. The van der Waals surface area contributed by atoms with Gasteiger partial charge in [-0.2, -0.15) is 0 Å². The van der Waals surface area contributed by atoms with Crippen LogP contribution >= 0.6 is 0 Å². The number of H-pyrrole nitrogens is 1. The van der Waals surface area contributed by atoms with Crippen LogP contribution in [0.15, 0.2) is 36.7 Å². The van der Waals surface area contributed by atoms with Crippen molar-refractivity contribution in [2.75, 3.05) is 5.32 Å². The summed E-state index contributed by atoms with van der Waals surface area (Å²) in [6.07, 6.45) is 3.60. The van der Waals surface area contributed by atoms with Crippen LogP contribution in [0.4, 0.5) is 14.5 Å². The number of anilines is 1. The Balaban J connectivity index is 2.05. The molecule has 0 aliphatic rings. The zero-order chi connectivity index (χ0) is 10.7. The summed E-state index contributed by atoms with van der Waals surface area (Å²) in [4.78, 5) is 2.90. The summed E-state index contributed by atoms with van der Waals surface area (Å²) in [6, 6.07) is 5.35. The van der Waals surface area contributed by atoms with Crippen molar-refractivity contribution in [2.45, 2.75) is 6.54 Å². The van der Waals surface area contributed by atoms with Crippen molar-refractivity contribution in [1.29, 1.82) is 0 Å². The van der Waals surface area contributed by atoms with E-state index in [4.69, 9.17) is 0 Å². The maximum Gasteiger partial charge on any atom is 0.149 e. The van der Waals surface area contributed by atoms with Crippen molar-refractivity contribution < 1.29 is 8.78 Å². The van der Waals surface area contributed by atoms with Gasteiger partial charge in [0.15, 0.2) is 0 Å². The first kappa shape index (κ1) is 9.71. The number of hydrogen-bond donors (Lipinski definition) is 2. The highest BCUT2D eigenvalue weighted by molar-refractivity contribution is 5.45. The second-order valence-electron chi connectivity index (χ2n) is 3.20. The van der Waals surface area contributed by atoms with E-state index in [1.807, 2.05) is 12.3 Å². The highest BCUT2D eigenvalue weighted by atomic mass is 19.1. The van der Waals surface area contributed by atoms with Crippen LogP contribution in [-0.4, -0.2) is 4.98 Å². The van der Waals surface area contributed by atoms with Gasteiger partial charge in [-0.05, 0) is 23.8 Å². The molecule has 0 unspecified atom stereocenters. The molecular formula is C11H10F2N2. The van der Waals surface area contributed by atoms with Gasteiger partial charge in [0, 0.05) is 25.0 Å². The molecule has 0 bridgehead atoms. The highest BCUT2D eigenvalue weighted by Gasteiger charge is 2.02. The molecule has 0 aliphatic heterocycles. The molecular weight excluding hydrogens is 198 g/mol. The van der Waals surface area contributed by atoms with Crippen LogP contribution < -0.4 is 5.32 Å². The molecule has 2 nitrogen and oxygen atoms in total. The molecule has 2 N–H and O–H groups in total. The summed E-state index contributed by atoms with van der Waals surface area (Å²) in [7, 11) is 0. The van der Waals surface area contributed by atoms with Gasteiger partial charge >= 0.3 is 0 Å². The lowest BCUT2D eigenvalue weighted by Gasteiger charge is -2.05. The van der Waals surface area contributed by atoms with Gasteiger partial charge in [0.25, 0.3) is 0 Å². The first-order valence-corrected chi connectivity index (χ1v) is 4.56. The minimum Gasteiger partial charge on any atom is -0.379 e. The van der Waals surface area contributed by atoms with Gasteiger partial charge in [-0.25, -0.2) is 8.78 Å². The average molecular weight is 208 g/mol. The number of halogens is 2. The van der Waals surface area contributed by atoms with E-state index in [0.29, 0.717) is 12.2 Å². The van der Waals surface area contributed by atoms with Crippen molar-refractivity contribution >= 4 is 5.69 Å². The summed E-state index contributed by atoms with van der Waals surface area (Å²) in [5.74, 6) is -1.15. The van der Waals surface area contributed by atoms with Gasteiger partial charge in [0.2, 0.25) is 0 Å². The Labute approximate surface area is 85.9 Å². The molecule has 0 atom stereocenters. The van der Waals surface area contributed by atoms with Gasteiger partial charge < -0.3 is 10.3 Å². The zero-order valence-electron chi connectivity index (χ0n) is 7.93. The second kappa shape index (κ2) is 4.13. The predicted octanol–water partition coefficient (Wildman–Crippen LogP) is 2.91. The maximum absolute atomic E-state index is 13.2. The molecule has 1 aromatic carbocycles. The molecule has 15 heavy (non-hydrogen) atoms. The lowest BCUT2D eigenvalue weighted by Crippen LogP contribution is -2.00. The van der Waals surface area contributed by atoms with E-state index in [2.05, 4.69) is 10.3 Å². The van der Waals surface area contributed by atoms with Crippen molar-refractivity contribution in [3.63, 3.8) is 0 Å². The van der Waals surface area contributed by atoms with Gasteiger partial charge in [-0.1, -0.05) is 0 Å². The Hall–Kier alpha value is -1.84. The molecule has 0 amide bonds. The third-order valence-electron chi connectivity index (χ3n) is 2.08. The van der Waals surface area contributed by atoms with Gasteiger partial charge in [0.05, 0.1) is 5.69 Å². The Morgan fingerprint density at radius 3 is 2.73 bits per heavy atom. The zero-order valence-corrected chi connectivity index (χ0v) is 7.93. The molecule has 0 saturated heterocycles. The highest BCUT2D eigenvalue weighted by Crippen LogP contribution is 2.15. The summed E-state index contributed by atoms with van der Waals surface area (Å²) in [6.45, 7) is 0.506. The standard InChI is InChI=1S/C11H10F2N2/c12-9-1-2-11(10(13)5-9)15-7-8-3-4-14-6-8/h1-6,14-15H,7H2. The summed E-state index contributed by atoms with van der Waals surface area (Å²) < 4.78 is 25.8. The average Bonchev–Trinajstić information content (AvgIpc) is 2.69. The molecule has 0 spiro atoms. The quantitative estimate of drug-likeness (QED) is 0.797. The van der Waals surface area contributed by atoms with E-state index in [-0.39, 0.29) is 0 Å². The lowest BCUT2D eigenvalue weighted by atomic mass is 10.2. The first-order valence-electron chi connectivity index (χ1n) is 4.56. The van der Waals surface area contributed by atoms with Gasteiger partial charge in [0.1, 0.15) is 11.6 Å². The molecule has 0 radical (unpaired) electrons. The predicted molar refractivity (Wildman–Crippen MR) is 54.5 cm³/mol. The van der Waals surface area contributed by atoms with Crippen molar-refractivity contribution in [3.8, 4) is 0 Å². The topological polar surface area (TPSA) is 27.8 Å². The van der Waals surface area contributed by atoms with Crippen LogP contribution in [0.25, 0.3) is 0 Å². The van der Waals surface area contributed by atoms with E-state index >= 15 is 0 Å². The number of aromatic amines is 1. The molecule has 1 heterocycles. The second-order valence-corrected chi connectivity index (χ2v) is 3.20. The largest absolute Gasteiger partial charge is 0.379 e. The molecule has 2 rings (SSSR count). The Bertz CT molecular complexity index is 438. The Morgan fingerprint density at radius 1 is 1.20 bits per heavy atom. The van der Waals surface area contributed by atoms with Crippen LogP contribution in [-0.2, 0) is 6.54 Å². The number of hydrogen-bond acceptors (Lipinski definition) is 1. The number of nitrogens with one attached hydrogen (secondary N) is 2. The van der Waals surface area contributed by atoms with Crippen LogP contribution in [0.3, 0.4) is 0 Å². The molecule has 78 valence electrons. The van der Waals surface area contributed by atoms with Crippen molar-refractivity contribution in [1.82, 2.24) is 4.98 Å². The molecule has 0 fully saturated rings. The number of benzene rings is 1. The molecule has 4 heteroatoms. The van der Waals surface area contributed by atoms with Crippen LogP contribution in [0, 0.1) is 11.6 Å². The fourth-order valence-electron chi connectivity index (χ4n) is 1.30. The third kappa shape index (κ3) is 2.34. The minimum absolute atomic E-state index is 0.303. The van der Waals surface area contributed by atoms with Crippen molar-refractivity contribution in [3.05, 3.63) is 53.9 Å². The van der Waals surface area contributed by atoms with E-state index in [9.17, 15) is 8.78 Å². The van der Waals surface area contributed by atoms with E-state index in [1.54, 1.807) is 6.20 Å². The Kier molecular flexibility index (Phi) is 2.67. The number of aromatic nitrogens is 1. The smallest absolute Gasteiger partial charge is 0.149 e. The minimum atomic E-state index is -0.578. The first-order chi connectivity index (χ1) is 7.25. The Morgan fingerprint density at radius 2 is 2.07 bits per heavy atom. The fourth-order valence-corrected chi connectivity index (χ4v) is 1.30. The normalized spacial score (nSPS) is 10.3. The van der Waals surface area contributed by atoms with E-state index in [0.717, 1.165) is 11.6 Å². The molecule has 2 aromatic rings. The van der Waals surface area contributed by atoms with Gasteiger partial charge in [-0.3, -0.25) is 0 Å². The molecule has 0 saturated carbocycles. The van der Waals surface area contributed by atoms with Gasteiger partial charge in [-0.15, -0.1) is 0 Å². The SMILES string of the molecule is Fc1ccc(NCc2cc[nH]c2)c(F)c1. The summed E-state index contributed by atoms with van der Waals surface area (Å²) >= 11 is 0. The van der Waals surface area contributed by atoms with E-state index in [1.165, 1.54) is 12.1 Å². The van der Waals surface area contributed by atoms with Crippen molar-refractivity contribution in [2.24, 2.45) is 0 Å². The monoisotopic (exact) mass is 208 g/mol. The van der Waals surface area contributed by atoms with Crippen LogP contribution in [0.1, 0.15) is 5.56 Å². The summed E-state index contributed by atoms with van der Waals surface area (Å²) in [5.41, 5.74) is 1.32. The van der Waals surface area contributed by atoms with Crippen LogP contribution in [0.2, 0.25) is 0 Å². The molecule has 1 aromatic heterocycles. The summed E-state index contributed by atoms with van der Waals surface area (Å²) in [5, 5.41) is 2.88. The molecule has 0 aliphatic carbocycles. The third-order valence-corrected chi connectivity index (χ3v) is 2.08. The lowest BCUT2D eigenvalue weighted by molar-refractivity contribution is 0.585. The van der Waals surface area contributed by atoms with E-state index < -0.39 is 11.6 Å². The van der Waals surface area contributed by atoms with Crippen LogP contribution in [0.5, 0.6) is 0 Å².